The molecule has 0 fully saturated rings. The van der Waals surface area contributed by atoms with E-state index in [2.05, 4.69) is 10.0 Å². The summed E-state index contributed by atoms with van der Waals surface area (Å²) < 4.78 is 32.6. The molecule has 0 aliphatic rings. The summed E-state index contributed by atoms with van der Waals surface area (Å²) in [5.41, 5.74) is 3.05. The molecule has 0 unspecified atom stereocenters. The predicted molar refractivity (Wildman–Crippen MR) is 102 cm³/mol. The highest BCUT2D eigenvalue weighted by atomic mass is 32.2. The first-order chi connectivity index (χ1) is 12.3. The maximum absolute atomic E-state index is 12.5. The van der Waals surface area contributed by atoms with Crippen molar-refractivity contribution in [1.82, 2.24) is 4.72 Å². The summed E-state index contributed by atoms with van der Waals surface area (Å²) in [5.74, 6) is 0.190. The summed E-state index contributed by atoms with van der Waals surface area (Å²) in [6.45, 7) is 5.16. The van der Waals surface area contributed by atoms with Gasteiger partial charge in [0.15, 0.2) is 0 Å². The largest absolute Gasteiger partial charge is 0.496 e. The topological polar surface area (TPSA) is 84.5 Å². The van der Waals surface area contributed by atoms with Gasteiger partial charge < -0.3 is 10.1 Å². The van der Waals surface area contributed by atoms with Crippen LogP contribution in [0, 0.1) is 13.8 Å². The quantitative estimate of drug-likeness (QED) is 0.778. The number of hydrogen-bond donors (Lipinski definition) is 2. The summed E-state index contributed by atoms with van der Waals surface area (Å²) in [5, 5.41) is 2.68. The Morgan fingerprint density at radius 1 is 1.08 bits per heavy atom. The lowest BCUT2D eigenvalue weighted by Crippen LogP contribution is -2.33. The minimum atomic E-state index is -3.80. The molecular formula is C19H24N2O4S. The number of benzene rings is 2. The third-order valence-electron chi connectivity index (χ3n) is 4.05. The van der Waals surface area contributed by atoms with Crippen LogP contribution in [0.25, 0.3) is 0 Å². The number of hydrogen-bond acceptors (Lipinski definition) is 4. The van der Waals surface area contributed by atoms with E-state index in [0.717, 1.165) is 12.0 Å². The van der Waals surface area contributed by atoms with E-state index in [0.29, 0.717) is 22.6 Å². The molecule has 26 heavy (non-hydrogen) atoms. The number of ether oxygens (including phenoxy) is 1. The number of anilines is 1. The molecule has 7 heteroatoms. The molecule has 0 aliphatic carbocycles. The van der Waals surface area contributed by atoms with Crippen molar-refractivity contribution < 1.29 is 17.9 Å². The van der Waals surface area contributed by atoms with Crippen molar-refractivity contribution in [3.63, 3.8) is 0 Å². The van der Waals surface area contributed by atoms with Crippen LogP contribution in [0.2, 0.25) is 0 Å². The average Bonchev–Trinajstić information content (AvgIpc) is 2.62. The van der Waals surface area contributed by atoms with Crippen molar-refractivity contribution in [3.8, 4) is 5.75 Å². The number of rotatable bonds is 7. The van der Waals surface area contributed by atoms with Crippen molar-refractivity contribution in [3.05, 3.63) is 53.1 Å². The molecule has 0 heterocycles. The highest BCUT2D eigenvalue weighted by molar-refractivity contribution is 7.89. The Morgan fingerprint density at radius 3 is 2.31 bits per heavy atom. The SMILES string of the molecule is CCc1ccc(NC(=O)CNS(=O)(=O)c2cc(C)c(OC)cc2C)cc1. The third-order valence-corrected chi connectivity index (χ3v) is 5.59. The number of aryl methyl sites for hydroxylation is 3. The van der Waals surface area contributed by atoms with E-state index in [-0.39, 0.29) is 11.4 Å². The van der Waals surface area contributed by atoms with Crippen molar-refractivity contribution in [1.29, 1.82) is 0 Å². The molecule has 0 saturated carbocycles. The molecular weight excluding hydrogens is 352 g/mol. The Labute approximate surface area is 154 Å². The van der Waals surface area contributed by atoms with Gasteiger partial charge in [-0.1, -0.05) is 19.1 Å². The van der Waals surface area contributed by atoms with Crippen LogP contribution in [0.3, 0.4) is 0 Å². The van der Waals surface area contributed by atoms with Crippen LogP contribution in [0.5, 0.6) is 5.75 Å². The van der Waals surface area contributed by atoms with Gasteiger partial charge in [0, 0.05) is 5.69 Å². The first-order valence-corrected chi connectivity index (χ1v) is 9.79. The van der Waals surface area contributed by atoms with E-state index in [1.165, 1.54) is 13.2 Å². The number of sulfonamides is 1. The Kier molecular flexibility index (Phi) is 6.39. The maximum atomic E-state index is 12.5. The van der Waals surface area contributed by atoms with E-state index >= 15 is 0 Å². The number of carbonyl (C=O) groups is 1. The number of methoxy groups -OCH3 is 1. The Balaban J connectivity index is 2.05. The fraction of sp³-hybridized carbons (Fsp3) is 0.316. The normalized spacial score (nSPS) is 11.2. The summed E-state index contributed by atoms with van der Waals surface area (Å²) in [7, 11) is -2.27. The lowest BCUT2D eigenvalue weighted by Gasteiger charge is -2.13. The van der Waals surface area contributed by atoms with Crippen LogP contribution in [-0.4, -0.2) is 28.0 Å². The van der Waals surface area contributed by atoms with Gasteiger partial charge in [-0.25, -0.2) is 13.1 Å². The van der Waals surface area contributed by atoms with Gasteiger partial charge >= 0.3 is 0 Å². The highest BCUT2D eigenvalue weighted by Crippen LogP contribution is 2.25. The Bertz CT molecular complexity index is 891. The van der Waals surface area contributed by atoms with Gasteiger partial charge in [0.2, 0.25) is 15.9 Å². The molecule has 2 N–H and O–H groups in total. The molecule has 140 valence electrons. The Hall–Kier alpha value is -2.38. The first kappa shape index (κ1) is 19.9. The molecule has 2 aromatic rings. The number of nitrogens with one attached hydrogen (secondary N) is 2. The zero-order chi connectivity index (χ0) is 19.3. The molecule has 0 radical (unpaired) electrons. The van der Waals surface area contributed by atoms with Crippen molar-refractivity contribution >= 4 is 21.6 Å². The van der Waals surface area contributed by atoms with Crippen LogP contribution in [0.4, 0.5) is 5.69 Å². The predicted octanol–water partition coefficient (Wildman–Crippen LogP) is 2.79. The van der Waals surface area contributed by atoms with Crippen LogP contribution in [-0.2, 0) is 21.2 Å². The standard InChI is InChI=1S/C19H24N2O4S/c1-5-15-6-8-16(9-7-15)21-19(22)12-20-26(23,24)18-11-13(2)17(25-4)10-14(18)3/h6-11,20H,5,12H2,1-4H3,(H,21,22). The fourth-order valence-electron chi connectivity index (χ4n) is 2.54. The molecule has 0 saturated heterocycles. The lowest BCUT2D eigenvalue weighted by molar-refractivity contribution is -0.115. The summed E-state index contributed by atoms with van der Waals surface area (Å²) in [4.78, 5) is 12.2. The van der Waals surface area contributed by atoms with Gasteiger partial charge in [-0.15, -0.1) is 0 Å². The smallest absolute Gasteiger partial charge is 0.241 e. The second-order valence-electron chi connectivity index (χ2n) is 6.01. The van der Waals surface area contributed by atoms with Gasteiger partial charge in [-0.2, -0.15) is 0 Å². The summed E-state index contributed by atoms with van der Waals surface area (Å²) in [6.07, 6.45) is 0.911. The zero-order valence-corrected chi connectivity index (χ0v) is 16.2. The average molecular weight is 376 g/mol. The third kappa shape index (κ3) is 4.83. The van der Waals surface area contributed by atoms with Crippen molar-refractivity contribution in [2.45, 2.75) is 32.1 Å². The zero-order valence-electron chi connectivity index (χ0n) is 15.4. The molecule has 1 amide bonds. The summed E-state index contributed by atoms with van der Waals surface area (Å²) >= 11 is 0. The van der Waals surface area contributed by atoms with Gasteiger partial charge in [-0.05, 0) is 61.2 Å². The second kappa shape index (κ2) is 8.33. The second-order valence-corrected chi connectivity index (χ2v) is 7.75. The van der Waals surface area contributed by atoms with Gasteiger partial charge in [-0.3, -0.25) is 4.79 Å². The van der Waals surface area contributed by atoms with E-state index < -0.39 is 15.9 Å². The maximum Gasteiger partial charge on any atom is 0.241 e. The minimum Gasteiger partial charge on any atom is -0.496 e. The van der Waals surface area contributed by atoms with Crippen molar-refractivity contribution in [2.75, 3.05) is 19.0 Å². The monoisotopic (exact) mass is 376 g/mol. The van der Waals surface area contributed by atoms with E-state index in [4.69, 9.17) is 4.74 Å². The fourth-order valence-corrected chi connectivity index (χ4v) is 3.83. The molecule has 0 spiro atoms. The molecule has 0 aromatic heterocycles. The number of amides is 1. The van der Waals surface area contributed by atoms with Gasteiger partial charge in [0.05, 0.1) is 18.6 Å². The minimum absolute atomic E-state index is 0.135. The Morgan fingerprint density at radius 2 is 1.73 bits per heavy atom. The van der Waals surface area contributed by atoms with Crippen molar-refractivity contribution in [2.24, 2.45) is 0 Å². The molecule has 0 bridgehead atoms. The van der Waals surface area contributed by atoms with E-state index in [9.17, 15) is 13.2 Å². The van der Waals surface area contributed by atoms with Crippen LogP contribution >= 0.6 is 0 Å². The molecule has 0 aliphatic heterocycles. The van der Waals surface area contributed by atoms with Crippen LogP contribution in [0.1, 0.15) is 23.6 Å². The summed E-state index contributed by atoms with van der Waals surface area (Å²) in [6, 6.07) is 10.6. The van der Waals surface area contributed by atoms with Gasteiger partial charge in [0.1, 0.15) is 5.75 Å². The first-order valence-electron chi connectivity index (χ1n) is 8.30. The van der Waals surface area contributed by atoms with Gasteiger partial charge in [0.25, 0.3) is 0 Å². The van der Waals surface area contributed by atoms with Crippen LogP contribution < -0.4 is 14.8 Å². The molecule has 2 aromatic carbocycles. The van der Waals surface area contributed by atoms with Crippen LogP contribution in [0.15, 0.2) is 41.3 Å². The molecule has 6 nitrogen and oxygen atoms in total. The van der Waals surface area contributed by atoms with E-state index in [1.807, 2.05) is 19.1 Å². The highest BCUT2D eigenvalue weighted by Gasteiger charge is 2.19. The van der Waals surface area contributed by atoms with E-state index in [1.54, 1.807) is 32.0 Å². The molecule has 2 rings (SSSR count). The lowest BCUT2D eigenvalue weighted by atomic mass is 10.1. The molecule has 0 atom stereocenters. The number of carbonyl (C=O) groups excluding carboxylic acids is 1.